The van der Waals surface area contributed by atoms with E-state index in [1.54, 1.807) is 0 Å². The second kappa shape index (κ2) is 4.20. The van der Waals surface area contributed by atoms with Crippen molar-refractivity contribution < 1.29 is 0 Å². The number of hydrogen-bond acceptors (Lipinski definition) is 2. The lowest BCUT2D eigenvalue weighted by molar-refractivity contribution is 1.15. The zero-order valence-corrected chi connectivity index (χ0v) is 9.69. The van der Waals surface area contributed by atoms with Crippen LogP contribution < -0.4 is 0 Å². The SMILES string of the molecule is CC(S)c1ccc(-c2ccccc2)s1. The van der Waals surface area contributed by atoms with Crippen LogP contribution in [0, 0.1) is 0 Å². The average Bonchev–Trinajstić information content (AvgIpc) is 2.68. The van der Waals surface area contributed by atoms with E-state index < -0.39 is 0 Å². The Kier molecular flexibility index (Phi) is 2.94. The van der Waals surface area contributed by atoms with Crippen molar-refractivity contribution in [1.29, 1.82) is 0 Å². The summed E-state index contributed by atoms with van der Waals surface area (Å²) in [7, 11) is 0. The Morgan fingerprint density at radius 1 is 1.07 bits per heavy atom. The highest BCUT2D eigenvalue weighted by Crippen LogP contribution is 2.33. The number of thiophene rings is 1. The van der Waals surface area contributed by atoms with Crippen LogP contribution in [0.2, 0.25) is 0 Å². The van der Waals surface area contributed by atoms with Gasteiger partial charge in [0.15, 0.2) is 0 Å². The van der Waals surface area contributed by atoms with Crippen molar-refractivity contribution in [2.24, 2.45) is 0 Å². The Morgan fingerprint density at radius 2 is 1.79 bits per heavy atom. The molecule has 1 heterocycles. The summed E-state index contributed by atoms with van der Waals surface area (Å²) in [6.07, 6.45) is 0. The van der Waals surface area contributed by atoms with Crippen LogP contribution >= 0.6 is 24.0 Å². The van der Waals surface area contributed by atoms with Crippen LogP contribution in [0.25, 0.3) is 10.4 Å². The van der Waals surface area contributed by atoms with E-state index in [2.05, 4.69) is 56.0 Å². The molecule has 0 fully saturated rings. The lowest BCUT2D eigenvalue weighted by Crippen LogP contribution is -1.73. The molecular formula is C12H12S2. The maximum Gasteiger partial charge on any atom is 0.0346 e. The van der Waals surface area contributed by atoms with Crippen molar-refractivity contribution in [3.8, 4) is 10.4 Å². The Hall–Kier alpha value is -0.730. The molecule has 2 aromatic rings. The summed E-state index contributed by atoms with van der Waals surface area (Å²) in [5.74, 6) is 0. The van der Waals surface area contributed by atoms with Gasteiger partial charge in [-0.2, -0.15) is 12.6 Å². The van der Waals surface area contributed by atoms with E-state index in [1.807, 2.05) is 17.4 Å². The van der Waals surface area contributed by atoms with Gasteiger partial charge in [0.2, 0.25) is 0 Å². The first-order valence-corrected chi connectivity index (χ1v) is 5.94. The molecule has 14 heavy (non-hydrogen) atoms. The summed E-state index contributed by atoms with van der Waals surface area (Å²) in [5.41, 5.74) is 1.29. The van der Waals surface area contributed by atoms with Gasteiger partial charge in [-0.3, -0.25) is 0 Å². The highest BCUT2D eigenvalue weighted by Gasteiger charge is 2.05. The standard InChI is InChI=1S/C12H12S2/c1-9(13)11-7-8-12(14-11)10-5-3-2-4-6-10/h2-9,13H,1H3. The molecule has 0 saturated heterocycles. The van der Waals surface area contributed by atoms with Gasteiger partial charge in [-0.25, -0.2) is 0 Å². The molecule has 0 radical (unpaired) electrons. The Morgan fingerprint density at radius 3 is 2.36 bits per heavy atom. The molecule has 72 valence electrons. The van der Waals surface area contributed by atoms with E-state index in [-0.39, 0.29) is 0 Å². The van der Waals surface area contributed by atoms with E-state index in [9.17, 15) is 0 Å². The second-order valence-electron chi connectivity index (χ2n) is 3.24. The zero-order valence-electron chi connectivity index (χ0n) is 7.97. The molecule has 1 aromatic carbocycles. The Balaban J connectivity index is 2.34. The summed E-state index contributed by atoms with van der Waals surface area (Å²) in [6, 6.07) is 14.8. The topological polar surface area (TPSA) is 0 Å². The molecule has 0 spiro atoms. The summed E-state index contributed by atoms with van der Waals surface area (Å²) in [5, 5.41) is 0.331. The molecule has 0 saturated carbocycles. The molecule has 2 rings (SSSR count). The third-order valence-corrected chi connectivity index (χ3v) is 3.87. The average molecular weight is 220 g/mol. The van der Waals surface area contributed by atoms with E-state index in [4.69, 9.17) is 0 Å². The smallest absolute Gasteiger partial charge is 0.0346 e. The van der Waals surface area contributed by atoms with Gasteiger partial charge in [0.05, 0.1) is 0 Å². The molecule has 0 amide bonds. The van der Waals surface area contributed by atoms with Gasteiger partial charge in [-0.05, 0) is 24.6 Å². The second-order valence-corrected chi connectivity index (χ2v) is 5.13. The van der Waals surface area contributed by atoms with E-state index >= 15 is 0 Å². The van der Waals surface area contributed by atoms with Crippen LogP contribution in [0.4, 0.5) is 0 Å². The minimum Gasteiger partial charge on any atom is -0.171 e. The molecule has 0 nitrogen and oxygen atoms in total. The van der Waals surface area contributed by atoms with Gasteiger partial charge in [0.25, 0.3) is 0 Å². The van der Waals surface area contributed by atoms with Gasteiger partial charge in [0.1, 0.15) is 0 Å². The Labute approximate surface area is 94.0 Å². The third-order valence-electron chi connectivity index (χ3n) is 2.10. The summed E-state index contributed by atoms with van der Waals surface area (Å²) in [6.45, 7) is 2.10. The predicted molar refractivity (Wildman–Crippen MR) is 67.2 cm³/mol. The maximum atomic E-state index is 4.42. The largest absolute Gasteiger partial charge is 0.171 e. The van der Waals surface area contributed by atoms with Crippen molar-refractivity contribution in [2.45, 2.75) is 12.2 Å². The monoisotopic (exact) mass is 220 g/mol. The lowest BCUT2D eigenvalue weighted by atomic mass is 10.2. The molecule has 2 heteroatoms. The minimum atomic E-state index is 0.331. The molecule has 0 N–H and O–H groups in total. The van der Waals surface area contributed by atoms with Crippen LogP contribution in [-0.4, -0.2) is 0 Å². The van der Waals surface area contributed by atoms with Crippen LogP contribution in [0.5, 0.6) is 0 Å². The van der Waals surface area contributed by atoms with Crippen molar-refractivity contribution in [1.82, 2.24) is 0 Å². The van der Waals surface area contributed by atoms with Crippen LogP contribution in [0.3, 0.4) is 0 Å². The van der Waals surface area contributed by atoms with Crippen LogP contribution in [0.15, 0.2) is 42.5 Å². The first-order chi connectivity index (χ1) is 6.77. The van der Waals surface area contributed by atoms with Crippen molar-refractivity contribution in [2.75, 3.05) is 0 Å². The predicted octanol–water partition coefficient (Wildman–Crippen LogP) is 4.41. The number of benzene rings is 1. The van der Waals surface area contributed by atoms with Crippen molar-refractivity contribution in [3.63, 3.8) is 0 Å². The van der Waals surface area contributed by atoms with E-state index in [1.165, 1.54) is 15.3 Å². The number of thiol groups is 1. The molecule has 0 aliphatic heterocycles. The highest BCUT2D eigenvalue weighted by molar-refractivity contribution is 7.80. The quantitative estimate of drug-likeness (QED) is 0.712. The molecule has 1 atom stereocenters. The first-order valence-electron chi connectivity index (χ1n) is 4.60. The highest BCUT2D eigenvalue weighted by atomic mass is 32.1. The summed E-state index contributed by atoms with van der Waals surface area (Å²) in [4.78, 5) is 2.65. The maximum absolute atomic E-state index is 4.42. The minimum absolute atomic E-state index is 0.331. The number of rotatable bonds is 2. The first kappa shape index (κ1) is 9.81. The van der Waals surface area contributed by atoms with E-state index in [0.29, 0.717) is 5.25 Å². The van der Waals surface area contributed by atoms with Crippen molar-refractivity contribution in [3.05, 3.63) is 47.3 Å². The fourth-order valence-corrected chi connectivity index (χ4v) is 2.53. The third kappa shape index (κ3) is 2.02. The lowest BCUT2D eigenvalue weighted by Gasteiger charge is -1.98. The number of hydrogen-bond donors (Lipinski definition) is 1. The van der Waals surface area contributed by atoms with Crippen LogP contribution in [-0.2, 0) is 0 Å². The molecule has 0 aliphatic carbocycles. The normalized spacial score (nSPS) is 12.7. The van der Waals surface area contributed by atoms with Gasteiger partial charge in [-0.1, -0.05) is 30.3 Å². The van der Waals surface area contributed by atoms with Crippen LogP contribution in [0.1, 0.15) is 17.1 Å². The summed E-state index contributed by atoms with van der Waals surface area (Å²) < 4.78 is 0. The zero-order chi connectivity index (χ0) is 9.97. The van der Waals surface area contributed by atoms with E-state index in [0.717, 1.165) is 0 Å². The van der Waals surface area contributed by atoms with Crippen molar-refractivity contribution >= 4 is 24.0 Å². The molecule has 1 aromatic heterocycles. The molecule has 0 bridgehead atoms. The molecular weight excluding hydrogens is 208 g/mol. The van der Waals surface area contributed by atoms with Gasteiger partial charge >= 0.3 is 0 Å². The molecule has 0 aliphatic rings. The fourth-order valence-electron chi connectivity index (χ4n) is 1.33. The Bertz CT molecular complexity index is 401. The summed E-state index contributed by atoms with van der Waals surface area (Å²) >= 11 is 6.24. The molecule has 1 unspecified atom stereocenters. The van der Waals surface area contributed by atoms with Gasteiger partial charge in [0, 0.05) is 15.0 Å². The van der Waals surface area contributed by atoms with Gasteiger partial charge < -0.3 is 0 Å². The van der Waals surface area contributed by atoms with Gasteiger partial charge in [-0.15, -0.1) is 11.3 Å². The fraction of sp³-hybridized carbons (Fsp3) is 0.167.